The van der Waals surface area contributed by atoms with Crippen LogP contribution in [0, 0.1) is 13.8 Å². The lowest BCUT2D eigenvalue weighted by Crippen LogP contribution is -2.36. The van der Waals surface area contributed by atoms with Gasteiger partial charge in [0.15, 0.2) is 0 Å². The molecule has 2 aromatic rings. The van der Waals surface area contributed by atoms with E-state index >= 15 is 0 Å². The number of benzene rings is 1. The van der Waals surface area contributed by atoms with Crippen LogP contribution in [0.1, 0.15) is 35.6 Å². The second kappa shape index (κ2) is 4.85. The number of carboxylic acid groups (broad SMARTS) is 1. The minimum absolute atomic E-state index is 0.331. The summed E-state index contributed by atoms with van der Waals surface area (Å²) in [4.78, 5) is 12.4. The molecule has 0 radical (unpaired) electrons. The van der Waals surface area contributed by atoms with Crippen LogP contribution in [0.2, 0.25) is 0 Å². The highest BCUT2D eigenvalue weighted by Crippen LogP contribution is 2.33. The molecule has 20 heavy (non-hydrogen) atoms. The molecule has 106 valence electrons. The number of amides is 1. The first kappa shape index (κ1) is 13.0. The Labute approximate surface area is 118 Å². The van der Waals surface area contributed by atoms with Gasteiger partial charge in [-0.1, -0.05) is 11.6 Å². The average Bonchev–Trinajstić information content (AvgIpc) is 2.83. The number of aryl methyl sites for hydroxylation is 2. The maximum Gasteiger partial charge on any atom is 0.407 e. The Hall–Kier alpha value is -1.97. The van der Waals surface area contributed by atoms with E-state index < -0.39 is 6.09 Å². The van der Waals surface area contributed by atoms with Crippen molar-refractivity contribution >= 4 is 17.1 Å². The zero-order valence-corrected chi connectivity index (χ0v) is 11.8. The normalized spacial score (nSPS) is 16.8. The molecule has 1 fully saturated rings. The summed E-state index contributed by atoms with van der Waals surface area (Å²) in [6, 6.07) is 6.39. The van der Waals surface area contributed by atoms with Crippen molar-refractivity contribution in [1.82, 2.24) is 4.90 Å². The molecule has 1 saturated heterocycles. The molecular weight excluding hydrogens is 254 g/mol. The first-order valence-electron chi connectivity index (χ1n) is 7.03. The number of nitrogens with zero attached hydrogens (tertiary/aromatic N) is 1. The molecule has 0 saturated carbocycles. The van der Waals surface area contributed by atoms with Crippen molar-refractivity contribution in [3.63, 3.8) is 0 Å². The van der Waals surface area contributed by atoms with Crippen molar-refractivity contribution < 1.29 is 14.3 Å². The molecule has 2 heterocycles. The van der Waals surface area contributed by atoms with E-state index in [4.69, 9.17) is 9.52 Å². The third-order valence-electron chi connectivity index (χ3n) is 4.13. The van der Waals surface area contributed by atoms with E-state index in [1.54, 1.807) is 0 Å². The van der Waals surface area contributed by atoms with Gasteiger partial charge in [0.25, 0.3) is 0 Å². The lowest BCUT2D eigenvalue weighted by atomic mass is 9.94. The Balaban J connectivity index is 1.85. The highest BCUT2D eigenvalue weighted by Gasteiger charge is 2.25. The lowest BCUT2D eigenvalue weighted by molar-refractivity contribution is 0.130. The predicted octanol–water partition coefficient (Wildman–Crippen LogP) is 3.91. The summed E-state index contributed by atoms with van der Waals surface area (Å²) in [5, 5.41) is 10.1. The molecule has 1 aliphatic rings. The Bertz CT molecular complexity index is 651. The zero-order valence-electron chi connectivity index (χ0n) is 11.8. The van der Waals surface area contributed by atoms with Crippen LogP contribution in [-0.2, 0) is 0 Å². The van der Waals surface area contributed by atoms with E-state index in [2.05, 4.69) is 32.0 Å². The number of furan rings is 1. The number of hydrogen-bond donors (Lipinski definition) is 1. The third kappa shape index (κ3) is 2.26. The van der Waals surface area contributed by atoms with Gasteiger partial charge in [-0.25, -0.2) is 4.79 Å². The summed E-state index contributed by atoms with van der Waals surface area (Å²) < 4.78 is 6.02. The van der Waals surface area contributed by atoms with Gasteiger partial charge in [-0.3, -0.25) is 0 Å². The Kier molecular flexibility index (Phi) is 3.16. The van der Waals surface area contributed by atoms with Crippen molar-refractivity contribution in [2.45, 2.75) is 32.6 Å². The first-order chi connectivity index (χ1) is 9.54. The first-order valence-corrected chi connectivity index (χ1v) is 7.03. The largest absolute Gasteiger partial charge is 0.465 e. The fourth-order valence-corrected chi connectivity index (χ4v) is 3.09. The Morgan fingerprint density at radius 1 is 1.25 bits per heavy atom. The van der Waals surface area contributed by atoms with E-state index in [1.165, 1.54) is 10.5 Å². The van der Waals surface area contributed by atoms with Gasteiger partial charge in [0.05, 0.1) is 0 Å². The molecule has 0 spiro atoms. The van der Waals surface area contributed by atoms with E-state index in [0.29, 0.717) is 19.0 Å². The molecule has 0 unspecified atom stereocenters. The van der Waals surface area contributed by atoms with Gasteiger partial charge in [-0.05, 0) is 44.4 Å². The number of fused-ring (bicyclic) bond motifs is 1. The monoisotopic (exact) mass is 273 g/mol. The summed E-state index contributed by atoms with van der Waals surface area (Å²) in [5.74, 6) is 1.33. The van der Waals surface area contributed by atoms with Crippen molar-refractivity contribution in [3.05, 3.63) is 35.1 Å². The number of rotatable bonds is 1. The van der Waals surface area contributed by atoms with Crippen molar-refractivity contribution in [3.8, 4) is 0 Å². The van der Waals surface area contributed by atoms with Gasteiger partial charge in [-0.15, -0.1) is 0 Å². The molecule has 0 bridgehead atoms. The predicted molar refractivity (Wildman–Crippen MR) is 77.3 cm³/mol. The van der Waals surface area contributed by atoms with Crippen LogP contribution in [0.3, 0.4) is 0 Å². The number of hydrogen-bond acceptors (Lipinski definition) is 2. The molecule has 0 atom stereocenters. The van der Waals surface area contributed by atoms with E-state index in [9.17, 15) is 4.79 Å². The highest BCUT2D eigenvalue weighted by atomic mass is 16.4. The van der Waals surface area contributed by atoms with E-state index in [1.807, 2.05) is 0 Å². The molecule has 1 amide bonds. The van der Waals surface area contributed by atoms with Gasteiger partial charge < -0.3 is 14.4 Å². The van der Waals surface area contributed by atoms with Gasteiger partial charge in [-0.2, -0.15) is 0 Å². The lowest BCUT2D eigenvalue weighted by Gasteiger charge is -2.28. The smallest absolute Gasteiger partial charge is 0.407 e. The van der Waals surface area contributed by atoms with Crippen LogP contribution >= 0.6 is 0 Å². The molecule has 1 aliphatic heterocycles. The van der Waals surface area contributed by atoms with E-state index in [-0.39, 0.29) is 0 Å². The summed E-state index contributed by atoms with van der Waals surface area (Å²) in [6.07, 6.45) is 0.855. The van der Waals surface area contributed by atoms with Crippen molar-refractivity contribution in [1.29, 1.82) is 0 Å². The number of likely N-dealkylation sites (tertiary alicyclic amines) is 1. The van der Waals surface area contributed by atoms with Crippen LogP contribution < -0.4 is 0 Å². The Morgan fingerprint density at radius 2 is 1.95 bits per heavy atom. The minimum atomic E-state index is -0.820. The van der Waals surface area contributed by atoms with Gasteiger partial charge in [0.2, 0.25) is 0 Å². The fourth-order valence-electron chi connectivity index (χ4n) is 3.09. The fraction of sp³-hybridized carbons (Fsp3) is 0.438. The van der Waals surface area contributed by atoms with Gasteiger partial charge in [0, 0.05) is 24.4 Å². The topological polar surface area (TPSA) is 53.7 Å². The summed E-state index contributed by atoms with van der Waals surface area (Å²) in [7, 11) is 0. The molecule has 4 heteroatoms. The van der Waals surface area contributed by atoms with Crippen molar-refractivity contribution in [2.24, 2.45) is 0 Å². The van der Waals surface area contributed by atoms with Gasteiger partial charge in [0.1, 0.15) is 11.3 Å². The van der Waals surface area contributed by atoms with Crippen LogP contribution in [0.15, 0.2) is 22.6 Å². The quantitative estimate of drug-likeness (QED) is 0.857. The molecule has 1 aromatic carbocycles. The summed E-state index contributed by atoms with van der Waals surface area (Å²) in [6.45, 7) is 5.34. The zero-order chi connectivity index (χ0) is 14.3. The number of piperidine rings is 1. The molecule has 1 N–H and O–H groups in total. The van der Waals surface area contributed by atoms with Crippen LogP contribution in [0.5, 0.6) is 0 Å². The minimum Gasteiger partial charge on any atom is -0.465 e. The standard InChI is InChI=1S/C16H19NO3/c1-10-7-11(2)15-13(8-10)9-14(20-15)12-3-5-17(6-4-12)16(18)19/h7-9,12H,3-6H2,1-2H3,(H,18,19). The van der Waals surface area contributed by atoms with Crippen LogP contribution in [0.4, 0.5) is 4.79 Å². The molecule has 3 rings (SSSR count). The highest BCUT2D eigenvalue weighted by molar-refractivity contribution is 5.82. The van der Waals surface area contributed by atoms with Gasteiger partial charge >= 0.3 is 6.09 Å². The van der Waals surface area contributed by atoms with E-state index in [0.717, 1.165) is 35.1 Å². The maximum absolute atomic E-state index is 10.9. The van der Waals surface area contributed by atoms with Crippen LogP contribution in [-0.4, -0.2) is 29.2 Å². The Morgan fingerprint density at radius 3 is 2.60 bits per heavy atom. The second-order valence-corrected chi connectivity index (χ2v) is 5.69. The second-order valence-electron chi connectivity index (χ2n) is 5.69. The maximum atomic E-state index is 10.9. The third-order valence-corrected chi connectivity index (χ3v) is 4.13. The van der Waals surface area contributed by atoms with Crippen molar-refractivity contribution in [2.75, 3.05) is 13.1 Å². The SMILES string of the molecule is Cc1cc(C)c2oc(C3CCN(C(=O)O)CC3)cc2c1. The number of carbonyl (C=O) groups is 1. The average molecular weight is 273 g/mol. The molecule has 1 aromatic heterocycles. The molecule has 4 nitrogen and oxygen atoms in total. The van der Waals surface area contributed by atoms with Crippen LogP contribution in [0.25, 0.3) is 11.0 Å². The molecule has 0 aliphatic carbocycles. The summed E-state index contributed by atoms with van der Waals surface area (Å²) in [5.41, 5.74) is 3.36. The molecular formula is C16H19NO3. The summed E-state index contributed by atoms with van der Waals surface area (Å²) >= 11 is 0.